The lowest BCUT2D eigenvalue weighted by molar-refractivity contribution is -0.145. The predicted molar refractivity (Wildman–Crippen MR) is 48.3 cm³/mol. The van der Waals surface area contributed by atoms with Crippen molar-refractivity contribution in [1.29, 1.82) is 0 Å². The molecular formula is C9H17NO3. The summed E-state index contributed by atoms with van der Waals surface area (Å²) >= 11 is 0. The Hall–Kier alpha value is -0.610. The molecule has 1 saturated heterocycles. The third-order valence-electron chi connectivity index (χ3n) is 2.44. The monoisotopic (exact) mass is 187 g/mol. The molecule has 0 amide bonds. The molecule has 1 atom stereocenters. The van der Waals surface area contributed by atoms with Crippen LogP contribution in [0.3, 0.4) is 0 Å². The number of likely N-dealkylation sites (tertiary alicyclic amines) is 1. The van der Waals surface area contributed by atoms with Crippen LogP contribution in [0.4, 0.5) is 0 Å². The van der Waals surface area contributed by atoms with Crippen LogP contribution in [-0.2, 0) is 9.53 Å². The summed E-state index contributed by atoms with van der Waals surface area (Å²) in [6, 6.07) is -0.0726. The van der Waals surface area contributed by atoms with Crippen molar-refractivity contribution in [3.8, 4) is 0 Å². The molecule has 0 aromatic carbocycles. The van der Waals surface area contributed by atoms with Crippen LogP contribution >= 0.6 is 0 Å². The molecule has 1 aliphatic heterocycles. The molecule has 1 rings (SSSR count). The van der Waals surface area contributed by atoms with Crippen molar-refractivity contribution in [3.05, 3.63) is 0 Å². The maximum absolute atomic E-state index is 11.3. The Balaban J connectivity index is 2.39. The number of esters is 1. The molecule has 0 aliphatic carbocycles. The normalized spacial score (nSPS) is 23.4. The maximum Gasteiger partial charge on any atom is 0.323 e. The Bertz CT molecular complexity index is 172. The van der Waals surface area contributed by atoms with Crippen molar-refractivity contribution in [2.75, 3.05) is 26.8 Å². The highest BCUT2D eigenvalue weighted by Crippen LogP contribution is 2.18. The van der Waals surface area contributed by atoms with Crippen molar-refractivity contribution in [1.82, 2.24) is 4.90 Å². The number of carbonyl (C=O) groups is 1. The summed E-state index contributed by atoms with van der Waals surface area (Å²) < 4.78 is 4.70. The standard InChI is InChI=1S/C9H17NO3/c1-13-9(12)8-4-2-5-10(8)6-3-7-11/h8,11H,2-7H2,1H3. The molecule has 0 bridgehead atoms. The third-order valence-corrected chi connectivity index (χ3v) is 2.44. The van der Waals surface area contributed by atoms with Crippen molar-refractivity contribution < 1.29 is 14.6 Å². The van der Waals surface area contributed by atoms with Crippen molar-refractivity contribution >= 4 is 5.97 Å². The molecule has 1 N–H and O–H groups in total. The van der Waals surface area contributed by atoms with E-state index in [1.807, 2.05) is 0 Å². The number of ether oxygens (including phenoxy) is 1. The zero-order valence-electron chi connectivity index (χ0n) is 8.03. The topological polar surface area (TPSA) is 49.8 Å². The highest BCUT2D eigenvalue weighted by atomic mass is 16.5. The molecule has 4 nitrogen and oxygen atoms in total. The maximum atomic E-state index is 11.3. The Morgan fingerprint density at radius 1 is 1.69 bits per heavy atom. The fourth-order valence-corrected chi connectivity index (χ4v) is 1.77. The number of rotatable bonds is 4. The van der Waals surface area contributed by atoms with E-state index in [0.29, 0.717) is 0 Å². The number of aliphatic hydroxyl groups is 1. The van der Waals surface area contributed by atoms with Crippen LogP contribution in [-0.4, -0.2) is 48.8 Å². The number of hydrogen-bond acceptors (Lipinski definition) is 4. The van der Waals surface area contributed by atoms with Gasteiger partial charge in [0.15, 0.2) is 0 Å². The lowest BCUT2D eigenvalue weighted by Gasteiger charge is -2.21. The van der Waals surface area contributed by atoms with Crippen LogP contribution in [0, 0.1) is 0 Å². The second-order valence-corrected chi connectivity index (χ2v) is 3.29. The third kappa shape index (κ3) is 2.67. The van der Waals surface area contributed by atoms with Crippen molar-refractivity contribution in [2.45, 2.75) is 25.3 Å². The van der Waals surface area contributed by atoms with Gasteiger partial charge in [-0.2, -0.15) is 0 Å². The zero-order chi connectivity index (χ0) is 9.68. The fraction of sp³-hybridized carbons (Fsp3) is 0.889. The second-order valence-electron chi connectivity index (χ2n) is 3.29. The first-order valence-corrected chi connectivity index (χ1v) is 4.72. The molecular weight excluding hydrogens is 170 g/mol. The highest BCUT2D eigenvalue weighted by Gasteiger charge is 2.30. The van der Waals surface area contributed by atoms with Gasteiger partial charge in [0.25, 0.3) is 0 Å². The van der Waals surface area contributed by atoms with E-state index in [1.165, 1.54) is 7.11 Å². The largest absolute Gasteiger partial charge is 0.468 e. The van der Waals surface area contributed by atoms with Gasteiger partial charge in [0.05, 0.1) is 7.11 Å². The van der Waals surface area contributed by atoms with Gasteiger partial charge in [0.1, 0.15) is 6.04 Å². The molecule has 76 valence electrons. The molecule has 0 radical (unpaired) electrons. The summed E-state index contributed by atoms with van der Waals surface area (Å²) in [5.74, 6) is -0.143. The molecule has 1 fully saturated rings. The lowest BCUT2D eigenvalue weighted by Crippen LogP contribution is -2.37. The smallest absolute Gasteiger partial charge is 0.323 e. The number of aliphatic hydroxyl groups excluding tert-OH is 1. The summed E-state index contributed by atoms with van der Waals surface area (Å²) in [4.78, 5) is 13.3. The van der Waals surface area contributed by atoms with Gasteiger partial charge in [0.2, 0.25) is 0 Å². The van der Waals surface area contributed by atoms with Crippen LogP contribution in [0.2, 0.25) is 0 Å². The molecule has 0 aromatic heterocycles. The van der Waals surface area contributed by atoms with Gasteiger partial charge in [-0.3, -0.25) is 9.69 Å². The average Bonchev–Trinajstić information content (AvgIpc) is 2.61. The van der Waals surface area contributed by atoms with Crippen molar-refractivity contribution in [2.24, 2.45) is 0 Å². The van der Waals surface area contributed by atoms with Gasteiger partial charge in [-0.1, -0.05) is 0 Å². The fourth-order valence-electron chi connectivity index (χ4n) is 1.77. The summed E-state index contributed by atoms with van der Waals surface area (Å²) in [5.41, 5.74) is 0. The molecule has 0 saturated carbocycles. The van der Waals surface area contributed by atoms with Gasteiger partial charge in [-0.25, -0.2) is 0 Å². The summed E-state index contributed by atoms with van der Waals surface area (Å²) in [6.07, 6.45) is 2.66. The van der Waals surface area contributed by atoms with E-state index in [0.717, 1.165) is 32.4 Å². The van der Waals surface area contributed by atoms with Gasteiger partial charge in [-0.05, 0) is 25.8 Å². The van der Waals surface area contributed by atoms with E-state index in [2.05, 4.69) is 4.90 Å². The predicted octanol–water partition coefficient (Wildman–Crippen LogP) is 0.00620. The Kier molecular flexibility index (Phi) is 4.18. The minimum Gasteiger partial charge on any atom is -0.468 e. The average molecular weight is 187 g/mol. The molecule has 1 heterocycles. The van der Waals surface area contributed by atoms with Crippen molar-refractivity contribution in [3.63, 3.8) is 0 Å². The molecule has 1 aliphatic rings. The van der Waals surface area contributed by atoms with Gasteiger partial charge < -0.3 is 9.84 Å². The van der Waals surface area contributed by atoms with Crippen LogP contribution in [0.15, 0.2) is 0 Å². The second kappa shape index (κ2) is 5.19. The summed E-state index contributed by atoms with van der Waals surface area (Å²) in [5, 5.41) is 8.67. The molecule has 4 heteroatoms. The zero-order valence-corrected chi connectivity index (χ0v) is 8.03. The van der Waals surface area contributed by atoms with E-state index in [9.17, 15) is 4.79 Å². The minimum atomic E-state index is -0.143. The van der Waals surface area contributed by atoms with Crippen LogP contribution in [0.25, 0.3) is 0 Å². The Morgan fingerprint density at radius 2 is 2.46 bits per heavy atom. The van der Waals surface area contributed by atoms with Gasteiger partial charge in [-0.15, -0.1) is 0 Å². The van der Waals surface area contributed by atoms with E-state index in [1.54, 1.807) is 0 Å². The Labute approximate surface area is 78.5 Å². The Morgan fingerprint density at radius 3 is 3.08 bits per heavy atom. The molecule has 13 heavy (non-hydrogen) atoms. The number of hydrogen-bond donors (Lipinski definition) is 1. The number of carbonyl (C=O) groups excluding carboxylic acids is 1. The van der Waals surface area contributed by atoms with Gasteiger partial charge >= 0.3 is 5.97 Å². The number of nitrogens with zero attached hydrogens (tertiary/aromatic N) is 1. The highest BCUT2D eigenvalue weighted by molar-refractivity contribution is 5.75. The van der Waals surface area contributed by atoms with Crippen LogP contribution in [0.1, 0.15) is 19.3 Å². The van der Waals surface area contributed by atoms with Crippen LogP contribution in [0.5, 0.6) is 0 Å². The first-order chi connectivity index (χ1) is 6.29. The molecule has 0 aromatic rings. The van der Waals surface area contributed by atoms with E-state index in [-0.39, 0.29) is 18.6 Å². The lowest BCUT2D eigenvalue weighted by atomic mass is 10.2. The quantitative estimate of drug-likeness (QED) is 0.630. The van der Waals surface area contributed by atoms with E-state index < -0.39 is 0 Å². The number of methoxy groups -OCH3 is 1. The van der Waals surface area contributed by atoms with E-state index in [4.69, 9.17) is 9.84 Å². The summed E-state index contributed by atoms with van der Waals surface area (Å²) in [6.45, 7) is 1.92. The van der Waals surface area contributed by atoms with E-state index >= 15 is 0 Å². The summed E-state index contributed by atoms with van der Waals surface area (Å²) in [7, 11) is 1.42. The molecule has 0 spiro atoms. The van der Waals surface area contributed by atoms with Gasteiger partial charge in [0, 0.05) is 13.2 Å². The van der Waals surface area contributed by atoms with Crippen LogP contribution < -0.4 is 0 Å². The SMILES string of the molecule is COC(=O)C1CCCN1CCCO. The first-order valence-electron chi connectivity index (χ1n) is 4.72. The molecule has 1 unspecified atom stereocenters. The minimum absolute atomic E-state index is 0.0726. The first kappa shape index (κ1) is 10.5.